The number of aromatic nitrogens is 4. The molecular formula is C18H21N5O2. The van der Waals surface area contributed by atoms with Gasteiger partial charge in [-0.2, -0.15) is 9.61 Å². The summed E-state index contributed by atoms with van der Waals surface area (Å²) in [5.74, 6) is 2.13. The molecule has 1 aliphatic rings. The molecular weight excluding hydrogens is 318 g/mol. The molecule has 25 heavy (non-hydrogen) atoms. The predicted octanol–water partition coefficient (Wildman–Crippen LogP) is 2.41. The molecule has 0 bridgehead atoms. The fraction of sp³-hybridized carbons (Fsp3) is 0.389. The summed E-state index contributed by atoms with van der Waals surface area (Å²) in [5.41, 5.74) is 5.03. The first-order chi connectivity index (χ1) is 12.2. The molecule has 1 N–H and O–H groups in total. The second-order valence-electron chi connectivity index (χ2n) is 6.42. The van der Waals surface area contributed by atoms with Crippen LogP contribution in [0.15, 0.2) is 24.5 Å². The van der Waals surface area contributed by atoms with Gasteiger partial charge in [-0.05, 0) is 37.5 Å². The summed E-state index contributed by atoms with van der Waals surface area (Å²) in [7, 11) is 1.67. The largest absolute Gasteiger partial charge is 0.497 e. The van der Waals surface area contributed by atoms with Crippen LogP contribution in [-0.4, -0.2) is 40.1 Å². The van der Waals surface area contributed by atoms with Crippen LogP contribution >= 0.6 is 0 Å². The smallest absolute Gasteiger partial charge is 0.200 e. The molecule has 3 heterocycles. The van der Waals surface area contributed by atoms with Gasteiger partial charge in [0, 0.05) is 18.5 Å². The number of ether oxygens (including phenoxy) is 2. The van der Waals surface area contributed by atoms with E-state index in [1.54, 1.807) is 18.0 Å². The molecule has 0 saturated heterocycles. The molecule has 1 unspecified atom stereocenters. The van der Waals surface area contributed by atoms with Crippen LogP contribution in [0.1, 0.15) is 16.8 Å². The highest BCUT2D eigenvalue weighted by Gasteiger charge is 2.21. The average molecular weight is 339 g/mol. The number of hydrogen-bond donors (Lipinski definition) is 1. The van der Waals surface area contributed by atoms with Crippen molar-refractivity contribution in [3.8, 4) is 11.5 Å². The third kappa shape index (κ3) is 2.86. The average Bonchev–Trinajstić information content (AvgIpc) is 3.09. The van der Waals surface area contributed by atoms with Crippen LogP contribution < -0.4 is 14.8 Å². The quantitative estimate of drug-likeness (QED) is 0.787. The molecule has 0 fully saturated rings. The van der Waals surface area contributed by atoms with Crippen LogP contribution in [0.25, 0.3) is 5.65 Å². The first kappa shape index (κ1) is 15.7. The molecule has 2 aromatic heterocycles. The Kier molecular flexibility index (Phi) is 3.91. The summed E-state index contributed by atoms with van der Waals surface area (Å²) in [5, 5.41) is 16.1. The SMILES string of the molecule is COc1ccc2c(c1)OCC(CNc1c(C)c(C)nn3cnnc13)C2. The minimum atomic E-state index is 0.386. The van der Waals surface area contributed by atoms with E-state index in [0.29, 0.717) is 12.5 Å². The van der Waals surface area contributed by atoms with Crippen LogP contribution in [0.3, 0.4) is 0 Å². The van der Waals surface area contributed by atoms with Gasteiger partial charge in [-0.15, -0.1) is 10.2 Å². The number of fused-ring (bicyclic) bond motifs is 2. The third-order valence-electron chi connectivity index (χ3n) is 4.75. The number of hydrogen-bond acceptors (Lipinski definition) is 6. The Balaban J connectivity index is 1.51. The molecule has 4 rings (SSSR count). The van der Waals surface area contributed by atoms with Crippen molar-refractivity contribution in [3.05, 3.63) is 41.3 Å². The Morgan fingerprint density at radius 3 is 3.08 bits per heavy atom. The van der Waals surface area contributed by atoms with Crippen molar-refractivity contribution < 1.29 is 9.47 Å². The summed E-state index contributed by atoms with van der Waals surface area (Å²) in [6.07, 6.45) is 2.60. The second kappa shape index (κ2) is 6.23. The lowest BCUT2D eigenvalue weighted by Gasteiger charge is -2.26. The van der Waals surface area contributed by atoms with E-state index in [9.17, 15) is 0 Å². The van der Waals surface area contributed by atoms with Crippen LogP contribution in [-0.2, 0) is 6.42 Å². The molecule has 7 nitrogen and oxygen atoms in total. The topological polar surface area (TPSA) is 73.6 Å². The first-order valence-corrected chi connectivity index (χ1v) is 8.36. The number of methoxy groups -OCH3 is 1. The molecule has 1 aliphatic heterocycles. The zero-order valence-corrected chi connectivity index (χ0v) is 14.6. The maximum Gasteiger partial charge on any atom is 0.200 e. The van der Waals surface area contributed by atoms with Gasteiger partial charge in [-0.25, -0.2) is 0 Å². The van der Waals surface area contributed by atoms with Crippen molar-refractivity contribution in [2.24, 2.45) is 5.92 Å². The number of aryl methyl sites for hydroxylation is 1. The van der Waals surface area contributed by atoms with Crippen molar-refractivity contribution >= 4 is 11.3 Å². The van der Waals surface area contributed by atoms with E-state index >= 15 is 0 Å². The van der Waals surface area contributed by atoms with E-state index in [0.717, 1.165) is 47.1 Å². The molecule has 1 aromatic carbocycles. The fourth-order valence-corrected chi connectivity index (χ4v) is 3.18. The van der Waals surface area contributed by atoms with Crippen LogP contribution in [0.4, 0.5) is 5.69 Å². The highest BCUT2D eigenvalue weighted by Crippen LogP contribution is 2.31. The van der Waals surface area contributed by atoms with Gasteiger partial charge in [0.1, 0.15) is 17.8 Å². The lowest BCUT2D eigenvalue weighted by atomic mass is 9.96. The zero-order valence-electron chi connectivity index (χ0n) is 14.6. The molecule has 1 atom stereocenters. The van der Waals surface area contributed by atoms with Gasteiger partial charge in [-0.1, -0.05) is 6.07 Å². The summed E-state index contributed by atoms with van der Waals surface area (Å²) in [4.78, 5) is 0. The van der Waals surface area contributed by atoms with E-state index in [1.165, 1.54) is 5.56 Å². The fourth-order valence-electron chi connectivity index (χ4n) is 3.18. The van der Waals surface area contributed by atoms with Crippen molar-refractivity contribution in [2.45, 2.75) is 20.3 Å². The number of nitrogens with one attached hydrogen (secondary N) is 1. The van der Waals surface area contributed by atoms with Gasteiger partial charge in [0.25, 0.3) is 0 Å². The zero-order chi connectivity index (χ0) is 17.4. The van der Waals surface area contributed by atoms with E-state index in [1.807, 2.05) is 19.1 Å². The molecule has 0 radical (unpaired) electrons. The number of rotatable bonds is 4. The van der Waals surface area contributed by atoms with E-state index < -0.39 is 0 Å². The standard InChI is InChI=1S/C18H21N5O2/c1-11-12(2)22-23-10-20-21-18(23)17(11)19-8-13-6-14-4-5-15(24-3)7-16(14)25-9-13/h4-5,7,10,13,19H,6,8-9H2,1-3H3. The van der Waals surface area contributed by atoms with Gasteiger partial charge in [-0.3, -0.25) is 0 Å². The maximum absolute atomic E-state index is 5.93. The van der Waals surface area contributed by atoms with E-state index in [4.69, 9.17) is 9.47 Å². The Bertz CT molecular complexity index is 921. The lowest BCUT2D eigenvalue weighted by Crippen LogP contribution is -2.27. The summed E-state index contributed by atoms with van der Waals surface area (Å²) in [6.45, 7) is 5.53. The van der Waals surface area contributed by atoms with Gasteiger partial charge in [0.05, 0.1) is 25.1 Å². The third-order valence-corrected chi connectivity index (χ3v) is 4.75. The van der Waals surface area contributed by atoms with Crippen molar-refractivity contribution in [1.82, 2.24) is 19.8 Å². The highest BCUT2D eigenvalue weighted by atomic mass is 16.5. The van der Waals surface area contributed by atoms with Crippen molar-refractivity contribution in [1.29, 1.82) is 0 Å². The number of anilines is 1. The predicted molar refractivity (Wildman–Crippen MR) is 94.4 cm³/mol. The molecule has 3 aromatic rings. The molecule has 0 aliphatic carbocycles. The summed E-state index contributed by atoms with van der Waals surface area (Å²) >= 11 is 0. The Hall–Kier alpha value is -2.83. The van der Waals surface area contributed by atoms with Gasteiger partial charge >= 0.3 is 0 Å². The molecule has 0 spiro atoms. The molecule has 7 heteroatoms. The van der Waals surface area contributed by atoms with Crippen molar-refractivity contribution in [2.75, 3.05) is 25.6 Å². The van der Waals surface area contributed by atoms with Crippen molar-refractivity contribution in [3.63, 3.8) is 0 Å². The molecule has 0 amide bonds. The second-order valence-corrected chi connectivity index (χ2v) is 6.42. The van der Waals surface area contributed by atoms with Gasteiger partial charge in [0.2, 0.25) is 5.65 Å². The monoisotopic (exact) mass is 339 g/mol. The minimum absolute atomic E-state index is 0.386. The van der Waals surface area contributed by atoms with Crippen LogP contribution in [0.2, 0.25) is 0 Å². The summed E-state index contributed by atoms with van der Waals surface area (Å²) in [6, 6.07) is 6.02. The van der Waals surface area contributed by atoms with Gasteiger partial charge < -0.3 is 14.8 Å². The lowest BCUT2D eigenvalue weighted by molar-refractivity contribution is 0.228. The number of nitrogens with zero attached hydrogens (tertiary/aromatic N) is 4. The first-order valence-electron chi connectivity index (χ1n) is 8.36. The van der Waals surface area contributed by atoms with Gasteiger partial charge in [0.15, 0.2) is 0 Å². The Labute approximate surface area is 146 Å². The number of benzene rings is 1. The van der Waals surface area contributed by atoms with Crippen LogP contribution in [0, 0.1) is 19.8 Å². The maximum atomic E-state index is 5.93. The minimum Gasteiger partial charge on any atom is -0.497 e. The summed E-state index contributed by atoms with van der Waals surface area (Å²) < 4.78 is 12.9. The Morgan fingerprint density at radius 2 is 2.24 bits per heavy atom. The normalized spacial score (nSPS) is 16.4. The highest BCUT2D eigenvalue weighted by molar-refractivity contribution is 5.71. The molecule has 0 saturated carbocycles. The molecule has 130 valence electrons. The van der Waals surface area contributed by atoms with E-state index in [2.05, 4.69) is 33.6 Å². The van der Waals surface area contributed by atoms with Crippen LogP contribution in [0.5, 0.6) is 11.5 Å². The van der Waals surface area contributed by atoms with E-state index in [-0.39, 0.29) is 0 Å². The Morgan fingerprint density at radius 1 is 1.36 bits per heavy atom.